The van der Waals surface area contributed by atoms with E-state index in [1.807, 2.05) is 37.8 Å². The monoisotopic (exact) mass is 345 g/mol. The van der Waals surface area contributed by atoms with Crippen LogP contribution in [-0.2, 0) is 6.54 Å². The van der Waals surface area contributed by atoms with Crippen molar-refractivity contribution in [2.24, 2.45) is 0 Å². The summed E-state index contributed by atoms with van der Waals surface area (Å²) in [6.07, 6.45) is 0. The fraction of sp³-hybridized carbons (Fsp3) is 0.389. The second-order valence-corrected chi connectivity index (χ2v) is 5.98. The lowest BCUT2D eigenvalue weighted by atomic mass is 10.1. The molecule has 1 aromatic heterocycles. The number of benzene rings is 1. The van der Waals surface area contributed by atoms with Crippen molar-refractivity contribution in [2.45, 2.75) is 34.2 Å². The molecular weight excluding hydrogens is 322 g/mol. The molecule has 2 N–H and O–H groups in total. The van der Waals surface area contributed by atoms with E-state index >= 15 is 0 Å². The molecule has 2 rings (SSSR count). The average Bonchev–Trinajstić information content (AvgIpc) is 2.56. The first-order valence-electron chi connectivity index (χ1n) is 8.21. The summed E-state index contributed by atoms with van der Waals surface area (Å²) in [5, 5.41) is 9.40. The van der Waals surface area contributed by atoms with Gasteiger partial charge in [-0.25, -0.2) is 14.2 Å². The molecule has 0 radical (unpaired) electrons. The lowest BCUT2D eigenvalue weighted by Crippen LogP contribution is -2.41. The van der Waals surface area contributed by atoms with Gasteiger partial charge in [-0.3, -0.25) is 9.69 Å². The van der Waals surface area contributed by atoms with Crippen molar-refractivity contribution in [3.63, 3.8) is 0 Å². The van der Waals surface area contributed by atoms with Gasteiger partial charge in [0.1, 0.15) is 5.69 Å². The summed E-state index contributed by atoms with van der Waals surface area (Å²) in [7, 11) is 0. The molecule has 0 unspecified atom stereocenters. The van der Waals surface area contributed by atoms with Crippen molar-refractivity contribution in [3.8, 4) is 5.69 Å². The second-order valence-electron chi connectivity index (χ2n) is 5.98. The molecule has 1 aromatic carbocycles. The number of aryl methyl sites for hydroxylation is 2. The minimum atomic E-state index is -1.32. The number of carboxylic acid groups (broad SMARTS) is 1. The lowest BCUT2D eigenvalue weighted by Gasteiger charge is -2.19. The van der Waals surface area contributed by atoms with E-state index in [2.05, 4.69) is 4.98 Å². The minimum Gasteiger partial charge on any atom is -0.477 e. The summed E-state index contributed by atoms with van der Waals surface area (Å²) in [4.78, 5) is 41.2. The fourth-order valence-corrected chi connectivity index (χ4v) is 2.75. The van der Waals surface area contributed by atoms with Gasteiger partial charge in [-0.15, -0.1) is 0 Å². The molecule has 1 heterocycles. The first kappa shape index (κ1) is 18.7. The Kier molecular flexibility index (Phi) is 5.58. The van der Waals surface area contributed by atoms with Gasteiger partial charge < -0.3 is 10.1 Å². The Morgan fingerprint density at radius 3 is 2.40 bits per heavy atom. The molecule has 0 saturated heterocycles. The molecule has 7 heteroatoms. The third-order valence-electron chi connectivity index (χ3n) is 4.29. The maximum atomic E-state index is 13.0. The van der Waals surface area contributed by atoms with Crippen LogP contribution in [0.5, 0.6) is 0 Å². The summed E-state index contributed by atoms with van der Waals surface area (Å²) in [5.74, 6) is -1.32. The summed E-state index contributed by atoms with van der Waals surface area (Å²) in [5.41, 5.74) is 0.514. The minimum absolute atomic E-state index is 0.0803. The third-order valence-corrected chi connectivity index (χ3v) is 4.29. The van der Waals surface area contributed by atoms with Crippen LogP contribution in [0.15, 0.2) is 27.8 Å². The number of carboxylic acids is 1. The van der Waals surface area contributed by atoms with Crippen LogP contribution in [0.3, 0.4) is 0 Å². The Bertz CT molecular complexity index is 908. The van der Waals surface area contributed by atoms with Crippen LogP contribution in [-0.4, -0.2) is 38.6 Å². The van der Waals surface area contributed by atoms with Gasteiger partial charge in [0.05, 0.1) is 11.3 Å². The highest BCUT2D eigenvalue weighted by Crippen LogP contribution is 2.14. The summed E-state index contributed by atoms with van der Waals surface area (Å²) in [6.45, 7) is 9.02. The Morgan fingerprint density at radius 2 is 1.84 bits per heavy atom. The number of carbonyl (C=O) groups is 1. The summed E-state index contributed by atoms with van der Waals surface area (Å²) >= 11 is 0. The molecular formula is C18H23N3O4. The van der Waals surface area contributed by atoms with E-state index in [0.717, 1.165) is 15.7 Å². The molecule has 0 saturated carbocycles. The van der Waals surface area contributed by atoms with Crippen molar-refractivity contribution >= 4 is 5.97 Å². The Morgan fingerprint density at radius 1 is 1.20 bits per heavy atom. The van der Waals surface area contributed by atoms with Crippen LogP contribution < -0.4 is 11.2 Å². The average molecular weight is 345 g/mol. The van der Waals surface area contributed by atoms with Gasteiger partial charge >= 0.3 is 11.7 Å². The van der Waals surface area contributed by atoms with Crippen molar-refractivity contribution in [3.05, 3.63) is 61.4 Å². The van der Waals surface area contributed by atoms with Gasteiger partial charge in [-0.2, -0.15) is 0 Å². The molecule has 0 aliphatic rings. The number of hydrogen-bond acceptors (Lipinski definition) is 4. The first-order valence-corrected chi connectivity index (χ1v) is 8.21. The molecule has 134 valence electrons. The topological polar surface area (TPSA) is 95.4 Å². The van der Waals surface area contributed by atoms with Crippen LogP contribution in [0, 0.1) is 13.8 Å². The zero-order valence-electron chi connectivity index (χ0n) is 14.9. The molecule has 0 spiro atoms. The highest BCUT2D eigenvalue weighted by Gasteiger charge is 2.21. The molecule has 7 nitrogen and oxygen atoms in total. The van der Waals surface area contributed by atoms with Crippen LogP contribution >= 0.6 is 0 Å². The van der Waals surface area contributed by atoms with Crippen LogP contribution in [0.1, 0.15) is 41.0 Å². The molecule has 0 fully saturated rings. The standard InChI is InChI=1S/C18H23N3O4/c1-5-20(6-2)10-13-15(17(23)24)19-18(25)21(16(13)22)14-9-11(3)7-8-12(14)4/h7-9H,5-6,10H2,1-4H3,(H,19,25)(H,23,24). The van der Waals surface area contributed by atoms with Gasteiger partial charge in [-0.1, -0.05) is 26.0 Å². The fourth-order valence-electron chi connectivity index (χ4n) is 2.75. The molecule has 0 bridgehead atoms. The number of aromatic carboxylic acids is 1. The van der Waals surface area contributed by atoms with Gasteiger partial charge in [0.25, 0.3) is 5.56 Å². The van der Waals surface area contributed by atoms with E-state index in [0.29, 0.717) is 18.8 Å². The SMILES string of the molecule is CCN(CC)Cc1c(C(=O)O)[nH]c(=O)n(-c2cc(C)ccc2C)c1=O. The Labute approximate surface area is 145 Å². The Balaban J connectivity index is 2.79. The predicted molar refractivity (Wildman–Crippen MR) is 95.7 cm³/mol. The molecule has 25 heavy (non-hydrogen) atoms. The van der Waals surface area contributed by atoms with E-state index in [1.54, 1.807) is 13.0 Å². The van der Waals surface area contributed by atoms with E-state index in [9.17, 15) is 19.5 Å². The van der Waals surface area contributed by atoms with Crippen molar-refractivity contribution in [1.82, 2.24) is 14.5 Å². The molecule has 0 aliphatic heterocycles. The van der Waals surface area contributed by atoms with Crippen molar-refractivity contribution in [1.29, 1.82) is 0 Å². The number of hydrogen-bond donors (Lipinski definition) is 2. The molecule has 0 amide bonds. The zero-order chi connectivity index (χ0) is 18.7. The van der Waals surface area contributed by atoms with Crippen LogP contribution in [0.4, 0.5) is 0 Å². The maximum absolute atomic E-state index is 13.0. The molecule has 2 aromatic rings. The summed E-state index contributed by atoms with van der Waals surface area (Å²) < 4.78 is 1.02. The lowest BCUT2D eigenvalue weighted by molar-refractivity contribution is 0.0686. The molecule has 0 aliphatic carbocycles. The number of aromatic nitrogens is 2. The number of nitrogens with one attached hydrogen (secondary N) is 1. The van der Waals surface area contributed by atoms with E-state index < -0.39 is 17.2 Å². The van der Waals surface area contributed by atoms with Gasteiger partial charge in [-0.05, 0) is 44.1 Å². The van der Waals surface area contributed by atoms with Crippen molar-refractivity contribution < 1.29 is 9.90 Å². The smallest absolute Gasteiger partial charge is 0.352 e. The normalized spacial score (nSPS) is 11.1. The van der Waals surface area contributed by atoms with E-state index in [1.165, 1.54) is 0 Å². The van der Waals surface area contributed by atoms with E-state index in [4.69, 9.17) is 0 Å². The largest absolute Gasteiger partial charge is 0.477 e. The van der Waals surface area contributed by atoms with Gasteiger partial charge in [0.15, 0.2) is 0 Å². The Hall–Kier alpha value is -2.67. The molecule has 0 atom stereocenters. The van der Waals surface area contributed by atoms with E-state index in [-0.39, 0.29) is 17.8 Å². The number of rotatable bonds is 6. The quantitative estimate of drug-likeness (QED) is 0.830. The highest BCUT2D eigenvalue weighted by molar-refractivity contribution is 5.86. The third kappa shape index (κ3) is 3.71. The van der Waals surface area contributed by atoms with Crippen molar-refractivity contribution in [2.75, 3.05) is 13.1 Å². The second kappa shape index (κ2) is 7.48. The van der Waals surface area contributed by atoms with Crippen LogP contribution in [0.25, 0.3) is 5.69 Å². The predicted octanol–water partition coefficient (Wildman–Crippen LogP) is 1.68. The summed E-state index contributed by atoms with van der Waals surface area (Å²) in [6, 6.07) is 5.46. The zero-order valence-corrected chi connectivity index (χ0v) is 14.9. The van der Waals surface area contributed by atoms with Crippen LogP contribution in [0.2, 0.25) is 0 Å². The maximum Gasteiger partial charge on any atom is 0.352 e. The first-order chi connectivity index (χ1) is 11.8. The van der Waals surface area contributed by atoms with Gasteiger partial charge in [0, 0.05) is 6.54 Å². The number of aromatic amines is 1. The highest BCUT2D eigenvalue weighted by atomic mass is 16.4. The number of H-pyrrole nitrogens is 1. The number of nitrogens with zero attached hydrogens (tertiary/aromatic N) is 2. The van der Waals surface area contributed by atoms with Gasteiger partial charge in [0.2, 0.25) is 0 Å².